The Hall–Kier alpha value is -0.410. The van der Waals surface area contributed by atoms with Gasteiger partial charge in [-0.15, -0.1) is 0 Å². The average Bonchev–Trinajstić information content (AvgIpc) is 2.25. The number of Topliss-reactive ketones (excluding diaryl/α,β-unsaturated/α-hetero) is 1. The number of piperidine rings is 2. The lowest BCUT2D eigenvalue weighted by Crippen LogP contribution is -2.50. The van der Waals surface area contributed by atoms with Crippen molar-refractivity contribution in [1.29, 1.82) is 0 Å². The standard InChI is InChI=1S/C13H24N2O/c1-15(2)7-6-13(16)10-8-11-4-3-5-12(9-10)14-11/h10-12,14H,3-9H2,1-2H3. The van der Waals surface area contributed by atoms with Crippen LogP contribution in [0, 0.1) is 5.92 Å². The third-order valence-electron chi connectivity index (χ3n) is 3.98. The number of nitrogens with one attached hydrogen (secondary N) is 1. The van der Waals surface area contributed by atoms with Gasteiger partial charge in [-0.1, -0.05) is 6.42 Å². The van der Waals surface area contributed by atoms with Gasteiger partial charge in [0.2, 0.25) is 0 Å². The Morgan fingerprint density at radius 1 is 1.25 bits per heavy atom. The first-order valence-corrected chi connectivity index (χ1v) is 6.58. The maximum absolute atomic E-state index is 12.1. The zero-order valence-corrected chi connectivity index (χ0v) is 10.5. The van der Waals surface area contributed by atoms with E-state index in [0.29, 0.717) is 23.8 Å². The molecule has 2 aliphatic rings. The molecule has 0 aromatic carbocycles. The first-order chi connectivity index (χ1) is 7.65. The minimum Gasteiger partial charge on any atom is -0.311 e. The number of ketones is 1. The van der Waals surface area contributed by atoms with Crippen LogP contribution in [0.25, 0.3) is 0 Å². The maximum atomic E-state index is 12.1. The first kappa shape index (κ1) is 12.1. The van der Waals surface area contributed by atoms with Crippen molar-refractivity contribution < 1.29 is 4.79 Å². The summed E-state index contributed by atoms with van der Waals surface area (Å²) in [5.41, 5.74) is 0. The molecule has 1 N–H and O–H groups in total. The highest BCUT2D eigenvalue weighted by molar-refractivity contribution is 5.81. The molecule has 2 bridgehead atoms. The van der Waals surface area contributed by atoms with Crippen LogP contribution >= 0.6 is 0 Å². The van der Waals surface area contributed by atoms with E-state index in [1.165, 1.54) is 19.3 Å². The van der Waals surface area contributed by atoms with Crippen molar-refractivity contribution in [2.45, 2.75) is 50.6 Å². The van der Waals surface area contributed by atoms with Crippen molar-refractivity contribution in [3.8, 4) is 0 Å². The Balaban J connectivity index is 1.83. The molecular weight excluding hydrogens is 200 g/mol. The Bertz CT molecular complexity index is 240. The quantitative estimate of drug-likeness (QED) is 0.784. The number of carbonyl (C=O) groups is 1. The molecule has 2 saturated heterocycles. The van der Waals surface area contributed by atoms with Crippen molar-refractivity contribution in [2.24, 2.45) is 5.92 Å². The minimum atomic E-state index is 0.344. The fourth-order valence-corrected chi connectivity index (χ4v) is 3.07. The van der Waals surface area contributed by atoms with Gasteiger partial charge >= 0.3 is 0 Å². The monoisotopic (exact) mass is 224 g/mol. The van der Waals surface area contributed by atoms with E-state index in [0.717, 1.165) is 25.8 Å². The lowest BCUT2D eigenvalue weighted by Gasteiger charge is -2.39. The molecule has 3 nitrogen and oxygen atoms in total. The minimum absolute atomic E-state index is 0.344. The van der Waals surface area contributed by atoms with E-state index >= 15 is 0 Å². The maximum Gasteiger partial charge on any atom is 0.137 e. The molecule has 2 atom stereocenters. The van der Waals surface area contributed by atoms with Gasteiger partial charge in [0, 0.05) is 31.0 Å². The molecule has 2 fully saturated rings. The molecule has 2 rings (SSSR count). The smallest absolute Gasteiger partial charge is 0.137 e. The molecule has 0 spiro atoms. The Morgan fingerprint density at radius 2 is 1.88 bits per heavy atom. The molecule has 0 amide bonds. The van der Waals surface area contributed by atoms with Crippen molar-refractivity contribution in [3.05, 3.63) is 0 Å². The third kappa shape index (κ3) is 3.05. The molecule has 3 heteroatoms. The van der Waals surface area contributed by atoms with Gasteiger partial charge in [-0.2, -0.15) is 0 Å². The van der Waals surface area contributed by atoms with Crippen LogP contribution in [0.4, 0.5) is 0 Å². The molecule has 0 aromatic heterocycles. The van der Waals surface area contributed by atoms with E-state index in [1.807, 2.05) is 14.1 Å². The number of carbonyl (C=O) groups excluding carboxylic acids is 1. The SMILES string of the molecule is CN(C)CCC(=O)C1CC2CCCC(C1)N2. The van der Waals surface area contributed by atoms with Crippen LogP contribution in [-0.4, -0.2) is 43.4 Å². The molecule has 2 heterocycles. The van der Waals surface area contributed by atoms with Crippen LogP contribution in [0.1, 0.15) is 38.5 Å². The highest BCUT2D eigenvalue weighted by Crippen LogP contribution is 2.30. The molecule has 92 valence electrons. The number of hydrogen-bond acceptors (Lipinski definition) is 3. The fourth-order valence-electron chi connectivity index (χ4n) is 3.07. The van der Waals surface area contributed by atoms with Gasteiger partial charge in [0.15, 0.2) is 0 Å². The summed E-state index contributed by atoms with van der Waals surface area (Å²) in [5.74, 6) is 0.837. The number of hydrogen-bond donors (Lipinski definition) is 1. The van der Waals surface area contributed by atoms with Crippen LogP contribution in [0.3, 0.4) is 0 Å². The lowest BCUT2D eigenvalue weighted by atomic mass is 9.78. The lowest BCUT2D eigenvalue weighted by molar-refractivity contribution is -0.124. The molecule has 0 aromatic rings. The van der Waals surface area contributed by atoms with E-state index in [1.54, 1.807) is 0 Å². The molecule has 2 aliphatic heterocycles. The van der Waals surface area contributed by atoms with Crippen molar-refractivity contribution >= 4 is 5.78 Å². The van der Waals surface area contributed by atoms with E-state index in [4.69, 9.17) is 0 Å². The Morgan fingerprint density at radius 3 is 2.44 bits per heavy atom. The van der Waals surface area contributed by atoms with Gasteiger partial charge in [-0.05, 0) is 39.8 Å². The highest BCUT2D eigenvalue weighted by Gasteiger charge is 2.33. The van der Waals surface area contributed by atoms with E-state index in [-0.39, 0.29) is 0 Å². The zero-order chi connectivity index (χ0) is 11.5. The van der Waals surface area contributed by atoms with Crippen molar-refractivity contribution in [3.63, 3.8) is 0 Å². The highest BCUT2D eigenvalue weighted by atomic mass is 16.1. The van der Waals surface area contributed by atoms with Crippen molar-refractivity contribution in [2.75, 3.05) is 20.6 Å². The molecule has 0 saturated carbocycles. The summed E-state index contributed by atoms with van der Waals surface area (Å²) in [7, 11) is 4.06. The second-order valence-electron chi connectivity index (χ2n) is 5.68. The van der Waals surface area contributed by atoms with Crippen LogP contribution in [0.2, 0.25) is 0 Å². The summed E-state index contributed by atoms with van der Waals surface area (Å²) >= 11 is 0. The Kier molecular flexibility index (Phi) is 3.98. The van der Waals surface area contributed by atoms with E-state index < -0.39 is 0 Å². The van der Waals surface area contributed by atoms with Gasteiger partial charge in [-0.25, -0.2) is 0 Å². The summed E-state index contributed by atoms with van der Waals surface area (Å²) in [6, 6.07) is 1.25. The van der Waals surface area contributed by atoms with Gasteiger partial charge in [-0.3, -0.25) is 4.79 Å². The zero-order valence-electron chi connectivity index (χ0n) is 10.5. The van der Waals surface area contributed by atoms with Gasteiger partial charge in [0.05, 0.1) is 0 Å². The molecule has 0 aliphatic carbocycles. The topological polar surface area (TPSA) is 32.3 Å². The summed E-state index contributed by atoms with van der Waals surface area (Å²) in [4.78, 5) is 14.2. The molecule has 2 unspecified atom stereocenters. The molecular formula is C13H24N2O. The molecule has 0 radical (unpaired) electrons. The van der Waals surface area contributed by atoms with Gasteiger partial charge < -0.3 is 10.2 Å². The summed E-state index contributed by atoms with van der Waals surface area (Å²) in [6.45, 7) is 0.901. The van der Waals surface area contributed by atoms with Crippen LogP contribution in [0.5, 0.6) is 0 Å². The van der Waals surface area contributed by atoms with Crippen LogP contribution in [-0.2, 0) is 4.79 Å². The number of nitrogens with zero attached hydrogens (tertiary/aromatic N) is 1. The second kappa shape index (κ2) is 5.28. The summed E-state index contributed by atoms with van der Waals surface area (Å²) in [6.07, 6.45) is 6.80. The second-order valence-corrected chi connectivity index (χ2v) is 5.68. The van der Waals surface area contributed by atoms with Crippen LogP contribution < -0.4 is 5.32 Å². The fraction of sp³-hybridized carbons (Fsp3) is 0.923. The summed E-state index contributed by atoms with van der Waals surface area (Å²) in [5, 5.41) is 3.64. The van der Waals surface area contributed by atoms with Gasteiger partial charge in [0.25, 0.3) is 0 Å². The van der Waals surface area contributed by atoms with E-state index in [9.17, 15) is 4.79 Å². The van der Waals surface area contributed by atoms with E-state index in [2.05, 4.69) is 10.2 Å². The Labute approximate surface area is 98.6 Å². The normalized spacial score (nSPS) is 34.1. The van der Waals surface area contributed by atoms with Crippen LogP contribution in [0.15, 0.2) is 0 Å². The van der Waals surface area contributed by atoms with Gasteiger partial charge in [0.1, 0.15) is 5.78 Å². The molecule has 16 heavy (non-hydrogen) atoms. The predicted octanol–water partition coefficient (Wildman–Crippen LogP) is 1.43. The largest absolute Gasteiger partial charge is 0.311 e. The number of fused-ring (bicyclic) bond motifs is 2. The van der Waals surface area contributed by atoms with Crippen molar-refractivity contribution in [1.82, 2.24) is 10.2 Å². The third-order valence-corrected chi connectivity index (χ3v) is 3.98. The number of rotatable bonds is 4. The first-order valence-electron chi connectivity index (χ1n) is 6.58. The predicted molar refractivity (Wildman–Crippen MR) is 65.5 cm³/mol. The average molecular weight is 224 g/mol. The summed E-state index contributed by atoms with van der Waals surface area (Å²) < 4.78 is 0.